The maximum absolute atomic E-state index is 6.69. The van der Waals surface area contributed by atoms with Crippen molar-refractivity contribution < 1.29 is 0 Å². The maximum atomic E-state index is 6.69. The molecule has 0 saturated carbocycles. The molecule has 5 N–H and O–H groups in total. The van der Waals surface area contributed by atoms with Gasteiger partial charge in [0.15, 0.2) is 0 Å². The van der Waals surface area contributed by atoms with Crippen LogP contribution < -0.4 is 11.5 Å². The Morgan fingerprint density at radius 3 is 2.64 bits per heavy atom. The molecule has 1 atom stereocenters. The van der Waals surface area contributed by atoms with Crippen LogP contribution in [0.5, 0.6) is 0 Å². The molecule has 0 amide bonds. The molecular weight excluding hydrogens is 344 g/mol. The second-order valence-electron chi connectivity index (χ2n) is 8.91. The number of para-hydroxylation sites is 1. The Labute approximate surface area is 165 Å². The fraction of sp³-hybridized carbons (Fsp3) is 0.292. The normalized spacial score (nSPS) is 18.5. The van der Waals surface area contributed by atoms with Gasteiger partial charge < -0.3 is 16.5 Å². The van der Waals surface area contributed by atoms with Gasteiger partial charge in [-0.05, 0) is 42.0 Å². The summed E-state index contributed by atoms with van der Waals surface area (Å²) in [5.74, 6) is 0. The lowest BCUT2D eigenvalue weighted by Gasteiger charge is -2.35. The fourth-order valence-electron chi connectivity index (χ4n) is 4.78. The van der Waals surface area contributed by atoms with Crippen LogP contribution in [0.4, 0.5) is 5.69 Å². The summed E-state index contributed by atoms with van der Waals surface area (Å²) in [6.07, 6.45) is 2.71. The molecule has 0 aliphatic heterocycles. The lowest BCUT2D eigenvalue weighted by Crippen LogP contribution is -2.31. The summed E-state index contributed by atoms with van der Waals surface area (Å²) in [6.45, 7) is 4.58. The second-order valence-corrected chi connectivity index (χ2v) is 8.91. The minimum absolute atomic E-state index is 0.0125. The number of nitrogens with one attached hydrogen (secondary N) is 1. The number of fused-ring (bicyclic) bond motifs is 5. The van der Waals surface area contributed by atoms with Crippen molar-refractivity contribution in [3.8, 4) is 0 Å². The molecule has 2 aromatic heterocycles. The van der Waals surface area contributed by atoms with Crippen LogP contribution in [-0.2, 0) is 12.8 Å². The summed E-state index contributed by atoms with van der Waals surface area (Å²) in [5, 5.41) is 2.50. The van der Waals surface area contributed by atoms with Crippen LogP contribution in [-0.4, -0.2) is 9.97 Å². The molecule has 4 nitrogen and oxygen atoms in total. The number of aromatic amines is 1. The molecule has 5 rings (SSSR count). The number of nitrogen functional groups attached to an aromatic ring is 1. The van der Waals surface area contributed by atoms with Crippen molar-refractivity contribution in [3.05, 3.63) is 71.0 Å². The van der Waals surface area contributed by atoms with Gasteiger partial charge in [0, 0.05) is 45.7 Å². The van der Waals surface area contributed by atoms with E-state index in [4.69, 9.17) is 16.5 Å². The quantitative estimate of drug-likeness (QED) is 0.441. The Morgan fingerprint density at radius 1 is 1.11 bits per heavy atom. The van der Waals surface area contributed by atoms with Gasteiger partial charge in [0.25, 0.3) is 0 Å². The summed E-state index contributed by atoms with van der Waals surface area (Å²) in [7, 11) is 0. The van der Waals surface area contributed by atoms with Crippen molar-refractivity contribution in [2.45, 2.75) is 39.2 Å². The van der Waals surface area contributed by atoms with Gasteiger partial charge in [-0.15, -0.1) is 0 Å². The first-order valence-corrected chi connectivity index (χ1v) is 9.93. The van der Waals surface area contributed by atoms with Crippen LogP contribution in [0, 0.1) is 5.41 Å². The van der Waals surface area contributed by atoms with Crippen LogP contribution in [0.1, 0.15) is 48.8 Å². The summed E-state index contributed by atoms with van der Waals surface area (Å²) in [5.41, 5.74) is 20.4. The van der Waals surface area contributed by atoms with E-state index in [0.717, 1.165) is 47.4 Å². The number of anilines is 1. The Hall–Kier alpha value is -2.85. The highest BCUT2D eigenvalue weighted by atomic mass is 14.8. The van der Waals surface area contributed by atoms with Crippen molar-refractivity contribution in [3.63, 3.8) is 0 Å². The van der Waals surface area contributed by atoms with Crippen molar-refractivity contribution >= 4 is 27.5 Å². The predicted molar refractivity (Wildman–Crippen MR) is 116 cm³/mol. The third-order valence-electron chi connectivity index (χ3n) is 5.99. The van der Waals surface area contributed by atoms with Gasteiger partial charge in [0.1, 0.15) is 0 Å². The summed E-state index contributed by atoms with van der Waals surface area (Å²) in [6, 6.07) is 16.6. The van der Waals surface area contributed by atoms with Gasteiger partial charge in [-0.1, -0.05) is 44.2 Å². The van der Waals surface area contributed by atoms with Gasteiger partial charge in [-0.3, -0.25) is 4.98 Å². The predicted octanol–water partition coefficient (Wildman–Crippen LogP) is 4.86. The molecule has 142 valence electrons. The Morgan fingerprint density at radius 2 is 1.86 bits per heavy atom. The number of hydrogen-bond acceptors (Lipinski definition) is 3. The molecule has 0 radical (unpaired) electrons. The Kier molecular flexibility index (Phi) is 3.75. The van der Waals surface area contributed by atoms with Crippen LogP contribution in [0.2, 0.25) is 0 Å². The molecule has 1 aliphatic carbocycles. The highest BCUT2D eigenvalue weighted by Crippen LogP contribution is 2.44. The summed E-state index contributed by atoms with van der Waals surface area (Å²) < 4.78 is 0. The first-order chi connectivity index (χ1) is 13.4. The lowest BCUT2D eigenvalue weighted by atomic mass is 9.73. The van der Waals surface area contributed by atoms with Crippen molar-refractivity contribution in [1.29, 1.82) is 0 Å². The van der Waals surface area contributed by atoms with E-state index in [9.17, 15) is 0 Å². The Balaban J connectivity index is 1.78. The topological polar surface area (TPSA) is 80.7 Å². The number of H-pyrrole nitrogens is 1. The van der Waals surface area contributed by atoms with E-state index in [1.807, 2.05) is 12.1 Å². The number of pyridine rings is 1. The summed E-state index contributed by atoms with van der Waals surface area (Å²) in [4.78, 5) is 8.78. The second kappa shape index (κ2) is 6.08. The van der Waals surface area contributed by atoms with Crippen LogP contribution >= 0.6 is 0 Å². The van der Waals surface area contributed by atoms with Crippen LogP contribution in [0.25, 0.3) is 21.8 Å². The zero-order valence-corrected chi connectivity index (χ0v) is 16.4. The third-order valence-corrected chi connectivity index (χ3v) is 5.99. The van der Waals surface area contributed by atoms with E-state index >= 15 is 0 Å². The number of nitrogens with zero attached hydrogens (tertiary/aromatic N) is 1. The number of aromatic nitrogens is 2. The van der Waals surface area contributed by atoms with E-state index in [1.165, 1.54) is 21.9 Å². The van der Waals surface area contributed by atoms with Gasteiger partial charge >= 0.3 is 0 Å². The van der Waals surface area contributed by atoms with Crippen molar-refractivity contribution in [2.24, 2.45) is 11.1 Å². The van der Waals surface area contributed by atoms with Crippen LogP contribution in [0.15, 0.2) is 48.5 Å². The molecule has 0 spiro atoms. The van der Waals surface area contributed by atoms with E-state index in [1.54, 1.807) is 0 Å². The van der Waals surface area contributed by atoms with E-state index in [-0.39, 0.29) is 11.5 Å². The standard InChI is InChI=1S/C24H26N4/c1-24(2)12-17(26)22-20(13-24)27-19(11-14-7-9-15(25)10-8-14)23-21(22)16-5-3-4-6-18(16)28-23/h3-10,17,28H,11-13,25-26H2,1-2H3. The molecule has 0 fully saturated rings. The van der Waals surface area contributed by atoms with Crippen molar-refractivity contribution in [1.82, 2.24) is 9.97 Å². The van der Waals surface area contributed by atoms with Gasteiger partial charge in [-0.2, -0.15) is 0 Å². The van der Waals surface area contributed by atoms with Crippen LogP contribution in [0.3, 0.4) is 0 Å². The van der Waals surface area contributed by atoms with Gasteiger partial charge in [-0.25, -0.2) is 0 Å². The minimum atomic E-state index is 0.0125. The number of benzene rings is 2. The number of rotatable bonds is 2. The third kappa shape index (κ3) is 2.76. The van der Waals surface area contributed by atoms with E-state index in [2.05, 4.69) is 55.2 Å². The highest BCUT2D eigenvalue weighted by Gasteiger charge is 2.34. The minimum Gasteiger partial charge on any atom is -0.399 e. The molecule has 0 saturated heterocycles. The molecular formula is C24H26N4. The first kappa shape index (κ1) is 17.3. The SMILES string of the molecule is CC1(C)Cc2nc(Cc3ccc(N)cc3)c3[nH]c4ccccc4c3c2C(N)C1. The largest absolute Gasteiger partial charge is 0.399 e. The summed E-state index contributed by atoms with van der Waals surface area (Å²) >= 11 is 0. The molecule has 0 bridgehead atoms. The Bertz CT molecular complexity index is 1180. The average molecular weight is 371 g/mol. The molecule has 4 aromatic rings. The average Bonchev–Trinajstić information content (AvgIpc) is 3.02. The first-order valence-electron chi connectivity index (χ1n) is 9.93. The number of hydrogen-bond donors (Lipinski definition) is 3. The fourth-order valence-corrected chi connectivity index (χ4v) is 4.78. The molecule has 4 heteroatoms. The molecule has 1 aliphatic rings. The monoisotopic (exact) mass is 370 g/mol. The molecule has 2 aromatic carbocycles. The smallest absolute Gasteiger partial charge is 0.0691 e. The van der Waals surface area contributed by atoms with E-state index in [0.29, 0.717) is 0 Å². The molecule has 1 unspecified atom stereocenters. The molecule has 2 heterocycles. The number of nitrogens with two attached hydrogens (primary N) is 2. The van der Waals surface area contributed by atoms with Gasteiger partial charge in [0.2, 0.25) is 0 Å². The van der Waals surface area contributed by atoms with Gasteiger partial charge in [0.05, 0.1) is 11.2 Å². The lowest BCUT2D eigenvalue weighted by molar-refractivity contribution is 0.280. The molecule has 28 heavy (non-hydrogen) atoms. The zero-order chi connectivity index (χ0) is 19.5. The maximum Gasteiger partial charge on any atom is 0.0691 e. The van der Waals surface area contributed by atoms with E-state index < -0.39 is 0 Å². The van der Waals surface area contributed by atoms with Crippen molar-refractivity contribution in [2.75, 3.05) is 5.73 Å². The highest BCUT2D eigenvalue weighted by molar-refractivity contribution is 6.10. The zero-order valence-electron chi connectivity index (χ0n) is 16.4.